The summed E-state index contributed by atoms with van der Waals surface area (Å²) in [6.45, 7) is 4.40. The number of carbonyl (C=O) groups is 1. The second kappa shape index (κ2) is 5.79. The van der Waals surface area contributed by atoms with Gasteiger partial charge in [-0.25, -0.2) is 0 Å². The first kappa shape index (κ1) is 14.9. The molecule has 4 fully saturated rings. The lowest BCUT2D eigenvalue weighted by Crippen LogP contribution is -2.49. The highest BCUT2D eigenvalue weighted by atomic mass is 16.3. The Hall–Kier alpha value is -0.610. The third-order valence-electron chi connectivity index (χ3n) is 7.18. The van der Waals surface area contributed by atoms with Crippen molar-refractivity contribution in [3.8, 4) is 0 Å². The van der Waals surface area contributed by atoms with Gasteiger partial charge in [-0.3, -0.25) is 9.69 Å². The number of piperidine rings is 1. The fourth-order valence-corrected chi connectivity index (χ4v) is 5.01. The van der Waals surface area contributed by atoms with Crippen molar-refractivity contribution in [2.75, 3.05) is 32.8 Å². The third-order valence-corrected chi connectivity index (χ3v) is 7.18. The number of amides is 1. The maximum Gasteiger partial charge on any atom is 0.225 e. The summed E-state index contributed by atoms with van der Waals surface area (Å²) >= 11 is 0. The Bertz CT molecular complexity index is 423. The molecule has 2 saturated carbocycles. The molecule has 2 aliphatic heterocycles. The molecule has 1 unspecified atom stereocenters. The predicted molar refractivity (Wildman–Crippen MR) is 85.4 cm³/mol. The SMILES string of the molecule is O=C(C1CCC1)N1CCC2(CC1)CN(C1CCC1)CC2CO. The lowest BCUT2D eigenvalue weighted by molar-refractivity contribution is -0.141. The summed E-state index contributed by atoms with van der Waals surface area (Å²) in [7, 11) is 0. The van der Waals surface area contributed by atoms with Crippen LogP contribution < -0.4 is 0 Å². The molecule has 4 rings (SSSR count). The highest BCUT2D eigenvalue weighted by molar-refractivity contribution is 5.79. The van der Waals surface area contributed by atoms with Crippen LogP contribution in [-0.2, 0) is 4.79 Å². The van der Waals surface area contributed by atoms with E-state index in [-0.39, 0.29) is 5.41 Å². The van der Waals surface area contributed by atoms with Gasteiger partial charge >= 0.3 is 0 Å². The molecule has 22 heavy (non-hydrogen) atoms. The average molecular weight is 306 g/mol. The molecule has 1 amide bonds. The number of aliphatic hydroxyl groups is 1. The molecule has 124 valence electrons. The quantitative estimate of drug-likeness (QED) is 0.866. The van der Waals surface area contributed by atoms with E-state index in [9.17, 15) is 9.90 Å². The van der Waals surface area contributed by atoms with Crippen molar-refractivity contribution in [2.45, 2.75) is 57.4 Å². The molecular weight excluding hydrogens is 276 g/mol. The normalized spacial score (nSPS) is 33.0. The van der Waals surface area contributed by atoms with E-state index in [1.807, 2.05) is 0 Å². The minimum Gasteiger partial charge on any atom is -0.396 e. The van der Waals surface area contributed by atoms with E-state index >= 15 is 0 Å². The van der Waals surface area contributed by atoms with Gasteiger partial charge in [0, 0.05) is 50.7 Å². The smallest absolute Gasteiger partial charge is 0.225 e. The van der Waals surface area contributed by atoms with Gasteiger partial charge in [-0.15, -0.1) is 0 Å². The van der Waals surface area contributed by atoms with Crippen molar-refractivity contribution in [3.05, 3.63) is 0 Å². The first-order chi connectivity index (χ1) is 10.7. The molecule has 0 aromatic rings. The number of rotatable bonds is 3. The van der Waals surface area contributed by atoms with Gasteiger partial charge < -0.3 is 10.0 Å². The monoisotopic (exact) mass is 306 g/mol. The number of nitrogens with zero attached hydrogens (tertiary/aromatic N) is 2. The fraction of sp³-hybridized carbons (Fsp3) is 0.944. The van der Waals surface area contributed by atoms with Gasteiger partial charge in [0.2, 0.25) is 5.91 Å². The Labute approximate surface area is 133 Å². The summed E-state index contributed by atoms with van der Waals surface area (Å²) in [6, 6.07) is 0.781. The molecule has 1 atom stereocenters. The van der Waals surface area contributed by atoms with E-state index in [2.05, 4.69) is 9.80 Å². The lowest BCUT2D eigenvalue weighted by Gasteiger charge is -2.44. The zero-order chi connectivity index (χ0) is 15.2. The molecule has 1 spiro atoms. The lowest BCUT2D eigenvalue weighted by atomic mass is 9.70. The zero-order valence-electron chi connectivity index (χ0n) is 13.7. The minimum absolute atomic E-state index is 0.279. The van der Waals surface area contributed by atoms with Gasteiger partial charge in [0.25, 0.3) is 0 Å². The van der Waals surface area contributed by atoms with Crippen LogP contribution >= 0.6 is 0 Å². The van der Waals surface area contributed by atoms with Crippen LogP contribution in [0, 0.1) is 17.3 Å². The summed E-state index contributed by atoms with van der Waals surface area (Å²) in [5, 5.41) is 9.88. The Kier molecular flexibility index (Phi) is 3.93. The van der Waals surface area contributed by atoms with Gasteiger partial charge in [0.1, 0.15) is 0 Å². The maximum absolute atomic E-state index is 12.4. The van der Waals surface area contributed by atoms with Crippen LogP contribution in [0.4, 0.5) is 0 Å². The third kappa shape index (κ3) is 2.39. The Morgan fingerprint density at radius 2 is 1.77 bits per heavy atom. The minimum atomic E-state index is 0.279. The van der Waals surface area contributed by atoms with Gasteiger partial charge in [-0.2, -0.15) is 0 Å². The van der Waals surface area contributed by atoms with Gasteiger partial charge in [-0.05, 0) is 43.9 Å². The average Bonchev–Trinajstić information content (AvgIpc) is 2.73. The summed E-state index contributed by atoms with van der Waals surface area (Å²) in [6.07, 6.45) is 9.71. The van der Waals surface area contributed by atoms with E-state index in [1.54, 1.807) is 0 Å². The van der Waals surface area contributed by atoms with E-state index in [1.165, 1.54) is 25.7 Å². The van der Waals surface area contributed by atoms with Gasteiger partial charge in [0.15, 0.2) is 0 Å². The van der Waals surface area contributed by atoms with Crippen molar-refractivity contribution >= 4 is 5.91 Å². The molecule has 0 aromatic heterocycles. The largest absolute Gasteiger partial charge is 0.396 e. The maximum atomic E-state index is 12.4. The second-order valence-electron chi connectivity index (χ2n) is 8.21. The van der Waals surface area contributed by atoms with Crippen LogP contribution in [0.3, 0.4) is 0 Å². The number of likely N-dealkylation sites (tertiary alicyclic amines) is 2. The van der Waals surface area contributed by atoms with E-state index in [4.69, 9.17) is 0 Å². The summed E-state index contributed by atoms with van der Waals surface area (Å²) < 4.78 is 0. The Morgan fingerprint density at radius 1 is 1.09 bits per heavy atom. The molecule has 4 heteroatoms. The molecule has 0 bridgehead atoms. The Balaban J connectivity index is 1.38. The predicted octanol–water partition coefficient (Wildman–Crippen LogP) is 1.87. The topological polar surface area (TPSA) is 43.8 Å². The molecule has 4 nitrogen and oxygen atoms in total. The van der Waals surface area contributed by atoms with E-state index in [0.717, 1.165) is 57.9 Å². The highest BCUT2D eigenvalue weighted by Gasteiger charge is 2.50. The van der Waals surface area contributed by atoms with Crippen molar-refractivity contribution < 1.29 is 9.90 Å². The van der Waals surface area contributed by atoms with E-state index < -0.39 is 0 Å². The number of carbonyl (C=O) groups excluding carboxylic acids is 1. The van der Waals surface area contributed by atoms with Crippen LogP contribution in [0.5, 0.6) is 0 Å². The zero-order valence-corrected chi connectivity index (χ0v) is 13.7. The first-order valence-corrected chi connectivity index (χ1v) is 9.35. The standard InChI is InChI=1S/C18H30N2O2/c21-12-15-11-20(16-5-2-6-16)13-18(15)7-9-19(10-8-18)17(22)14-3-1-4-14/h14-16,21H,1-13H2. The van der Waals surface area contributed by atoms with Gasteiger partial charge in [0.05, 0.1) is 0 Å². The fourth-order valence-electron chi connectivity index (χ4n) is 5.01. The van der Waals surface area contributed by atoms with Crippen molar-refractivity contribution in [3.63, 3.8) is 0 Å². The van der Waals surface area contributed by atoms with Crippen molar-refractivity contribution in [1.29, 1.82) is 0 Å². The van der Waals surface area contributed by atoms with Crippen molar-refractivity contribution in [2.24, 2.45) is 17.3 Å². The Morgan fingerprint density at radius 3 is 2.27 bits per heavy atom. The molecule has 4 aliphatic rings. The van der Waals surface area contributed by atoms with Crippen LogP contribution in [0.25, 0.3) is 0 Å². The second-order valence-corrected chi connectivity index (χ2v) is 8.21. The van der Waals surface area contributed by atoms with Crippen LogP contribution in [0.1, 0.15) is 51.4 Å². The molecule has 1 N–H and O–H groups in total. The van der Waals surface area contributed by atoms with Crippen LogP contribution in [0.2, 0.25) is 0 Å². The molecule has 0 aromatic carbocycles. The highest BCUT2D eigenvalue weighted by Crippen LogP contribution is 2.47. The molecule has 2 aliphatic carbocycles. The molecule has 0 radical (unpaired) electrons. The summed E-state index contributed by atoms with van der Waals surface area (Å²) in [5.41, 5.74) is 0.279. The summed E-state index contributed by atoms with van der Waals surface area (Å²) in [5.74, 6) is 1.17. The number of hydrogen-bond acceptors (Lipinski definition) is 3. The van der Waals surface area contributed by atoms with Crippen LogP contribution in [-0.4, -0.2) is 59.6 Å². The summed E-state index contributed by atoms with van der Waals surface area (Å²) in [4.78, 5) is 17.2. The molecular formula is C18H30N2O2. The number of hydrogen-bond donors (Lipinski definition) is 1. The first-order valence-electron chi connectivity index (χ1n) is 9.35. The number of aliphatic hydroxyl groups excluding tert-OH is 1. The van der Waals surface area contributed by atoms with Crippen molar-refractivity contribution in [1.82, 2.24) is 9.80 Å². The van der Waals surface area contributed by atoms with E-state index in [0.29, 0.717) is 24.3 Å². The molecule has 2 heterocycles. The van der Waals surface area contributed by atoms with Gasteiger partial charge in [-0.1, -0.05) is 12.8 Å². The molecule has 2 saturated heterocycles. The van der Waals surface area contributed by atoms with Crippen LogP contribution in [0.15, 0.2) is 0 Å².